The number of halogens is 1. The number of aromatic nitrogens is 3. The minimum absolute atomic E-state index is 0.112. The molecule has 1 amide bonds. The summed E-state index contributed by atoms with van der Waals surface area (Å²) in [4.78, 5) is 35.0. The lowest BCUT2D eigenvalue weighted by atomic mass is 9.89. The molecular formula is C43H44FN5O4. The molecule has 0 N–H and O–H groups in total. The molecule has 3 aromatic carbocycles. The van der Waals surface area contributed by atoms with Crippen LogP contribution in [0.4, 0.5) is 9.18 Å². The van der Waals surface area contributed by atoms with Crippen molar-refractivity contribution in [3.8, 4) is 39.4 Å². The van der Waals surface area contributed by atoms with Crippen molar-refractivity contribution < 1.29 is 23.5 Å². The first kappa shape index (κ1) is 34.7. The average Bonchev–Trinajstić information content (AvgIpc) is 3.82. The zero-order valence-corrected chi connectivity index (χ0v) is 30.7. The Morgan fingerprint density at radius 1 is 0.906 bits per heavy atom. The largest absolute Gasteiger partial charge is 0.496 e. The number of hydrogen-bond donors (Lipinski definition) is 0. The molecule has 53 heavy (non-hydrogen) atoms. The standard InChI is InChI=1S/C43H44FN5O4/c1-43(2,3)53-42(51)48-18-17-28-19-29(13-14-30(28)22-48)40-35-12-8-11-34(35)39(36-16-15-32(44)20-38(36)52-4)41(46-40)31-21-45-49(23-31)33-24-47(25-33)26-37(50)27-9-6-5-7-10-27/h5-7,9-10,13-16,19-21,23,33H,8,11-12,17-18,22,24-26H2,1-4H3. The van der Waals surface area contributed by atoms with E-state index in [1.807, 2.05) is 68.2 Å². The number of ketones is 1. The lowest BCUT2D eigenvalue weighted by Crippen LogP contribution is -2.49. The minimum Gasteiger partial charge on any atom is -0.496 e. The van der Waals surface area contributed by atoms with Gasteiger partial charge in [0.1, 0.15) is 17.2 Å². The summed E-state index contributed by atoms with van der Waals surface area (Å²) in [5.74, 6) is 0.213. The summed E-state index contributed by atoms with van der Waals surface area (Å²) < 4.78 is 27.9. The quantitative estimate of drug-likeness (QED) is 0.151. The number of likely N-dealkylation sites (tertiary alicyclic amines) is 1. The van der Waals surface area contributed by atoms with Crippen molar-refractivity contribution in [2.75, 3.05) is 33.3 Å². The molecule has 3 aliphatic rings. The maximum atomic E-state index is 14.5. The van der Waals surface area contributed by atoms with Gasteiger partial charge in [0.2, 0.25) is 0 Å². The van der Waals surface area contributed by atoms with E-state index in [9.17, 15) is 14.0 Å². The lowest BCUT2D eigenvalue weighted by molar-refractivity contribution is 0.0224. The Hall–Kier alpha value is -5.35. The number of pyridine rings is 1. The second-order valence-corrected chi connectivity index (χ2v) is 15.3. The SMILES string of the molecule is COc1cc(F)ccc1-c1c(-c2cnn(C3CN(CC(=O)c4ccccc4)C3)c2)nc(-c2ccc3c(c2)CCN(C(=O)OC(C)(C)C)C3)c2c1CCC2. The van der Waals surface area contributed by atoms with Gasteiger partial charge >= 0.3 is 6.09 Å². The monoisotopic (exact) mass is 713 g/mol. The van der Waals surface area contributed by atoms with Crippen molar-refractivity contribution in [2.45, 2.75) is 64.6 Å². The van der Waals surface area contributed by atoms with Crippen molar-refractivity contribution in [2.24, 2.45) is 0 Å². The van der Waals surface area contributed by atoms with E-state index in [-0.39, 0.29) is 23.7 Å². The van der Waals surface area contributed by atoms with E-state index in [0.717, 1.165) is 83.5 Å². The highest BCUT2D eigenvalue weighted by atomic mass is 19.1. The van der Waals surface area contributed by atoms with Crippen LogP contribution in [0.5, 0.6) is 5.75 Å². The predicted molar refractivity (Wildman–Crippen MR) is 201 cm³/mol. The smallest absolute Gasteiger partial charge is 0.410 e. The number of amides is 1. The van der Waals surface area contributed by atoms with Gasteiger partial charge in [-0.05, 0) is 86.9 Å². The van der Waals surface area contributed by atoms with E-state index in [4.69, 9.17) is 19.6 Å². The molecule has 0 unspecified atom stereocenters. The molecule has 8 rings (SSSR count). The fourth-order valence-electron chi connectivity index (χ4n) is 7.87. The molecule has 2 aromatic heterocycles. The second kappa shape index (κ2) is 13.9. The molecule has 0 bridgehead atoms. The first-order valence-electron chi connectivity index (χ1n) is 18.4. The Balaban J connectivity index is 1.13. The van der Waals surface area contributed by atoms with Gasteiger partial charge in [0, 0.05) is 66.3 Å². The number of ether oxygens (including phenoxy) is 2. The van der Waals surface area contributed by atoms with Gasteiger partial charge in [0.25, 0.3) is 0 Å². The molecule has 9 nitrogen and oxygen atoms in total. The van der Waals surface area contributed by atoms with Gasteiger partial charge in [-0.25, -0.2) is 14.2 Å². The van der Waals surface area contributed by atoms with Crippen molar-refractivity contribution in [3.05, 3.63) is 113 Å². The number of benzene rings is 3. The third kappa shape index (κ3) is 6.95. The molecule has 0 radical (unpaired) electrons. The minimum atomic E-state index is -0.549. The zero-order chi connectivity index (χ0) is 36.9. The Bertz CT molecular complexity index is 2200. The zero-order valence-electron chi connectivity index (χ0n) is 30.7. The van der Waals surface area contributed by atoms with Crippen molar-refractivity contribution in [1.82, 2.24) is 24.6 Å². The molecule has 272 valence electrons. The second-order valence-electron chi connectivity index (χ2n) is 15.3. The van der Waals surface area contributed by atoms with E-state index >= 15 is 0 Å². The fraction of sp³-hybridized carbons (Fsp3) is 0.349. The average molecular weight is 714 g/mol. The predicted octanol–water partition coefficient (Wildman–Crippen LogP) is 7.95. The van der Waals surface area contributed by atoms with E-state index in [1.165, 1.54) is 28.8 Å². The van der Waals surface area contributed by atoms with Crippen LogP contribution >= 0.6 is 0 Å². The van der Waals surface area contributed by atoms with Gasteiger partial charge in [0.05, 0.1) is 37.3 Å². The van der Waals surface area contributed by atoms with Crippen LogP contribution in [0.2, 0.25) is 0 Å². The summed E-state index contributed by atoms with van der Waals surface area (Å²) in [7, 11) is 1.57. The normalized spacial score (nSPS) is 15.8. The Kier molecular flexibility index (Phi) is 9.10. The maximum absolute atomic E-state index is 14.5. The Labute approximate surface area is 309 Å². The molecular weight excluding hydrogens is 670 g/mol. The van der Waals surface area contributed by atoms with Crippen LogP contribution < -0.4 is 4.74 Å². The summed E-state index contributed by atoms with van der Waals surface area (Å²) >= 11 is 0. The number of hydrogen-bond acceptors (Lipinski definition) is 7. The summed E-state index contributed by atoms with van der Waals surface area (Å²) in [6.45, 7) is 8.56. The lowest BCUT2D eigenvalue weighted by Gasteiger charge is -2.38. The number of nitrogens with zero attached hydrogens (tertiary/aromatic N) is 5. The van der Waals surface area contributed by atoms with E-state index < -0.39 is 5.60 Å². The number of fused-ring (bicyclic) bond motifs is 2. The van der Waals surface area contributed by atoms with Gasteiger partial charge in [-0.1, -0.05) is 42.5 Å². The number of methoxy groups -OCH3 is 1. The number of Topliss-reactive ketones (excluding diaryl/α,β-unsaturated/α-hetero) is 1. The third-order valence-electron chi connectivity index (χ3n) is 10.5. The number of carbonyl (C=O) groups excluding carboxylic acids is 2. The summed E-state index contributed by atoms with van der Waals surface area (Å²) in [6.07, 6.45) is 7.08. The molecule has 5 aromatic rings. The van der Waals surface area contributed by atoms with Crippen LogP contribution in [0, 0.1) is 5.82 Å². The highest BCUT2D eigenvalue weighted by molar-refractivity contribution is 5.97. The molecule has 0 spiro atoms. The van der Waals surface area contributed by atoms with E-state index in [1.54, 1.807) is 18.1 Å². The molecule has 1 saturated heterocycles. The van der Waals surface area contributed by atoms with Crippen molar-refractivity contribution in [1.29, 1.82) is 0 Å². The highest BCUT2D eigenvalue weighted by Gasteiger charge is 2.33. The van der Waals surface area contributed by atoms with Crippen LogP contribution in [-0.4, -0.2) is 75.3 Å². The summed E-state index contributed by atoms with van der Waals surface area (Å²) in [6, 6.07) is 20.7. The van der Waals surface area contributed by atoms with E-state index in [2.05, 4.69) is 23.1 Å². The highest BCUT2D eigenvalue weighted by Crippen LogP contribution is 2.46. The molecule has 1 fully saturated rings. The van der Waals surface area contributed by atoms with Crippen LogP contribution in [0.25, 0.3) is 33.6 Å². The van der Waals surface area contributed by atoms with Crippen LogP contribution in [-0.2, 0) is 30.5 Å². The van der Waals surface area contributed by atoms with Crippen molar-refractivity contribution >= 4 is 11.9 Å². The molecule has 2 aliphatic heterocycles. The van der Waals surface area contributed by atoms with Gasteiger partial charge in [0.15, 0.2) is 5.78 Å². The molecule has 4 heterocycles. The first-order chi connectivity index (χ1) is 25.5. The summed E-state index contributed by atoms with van der Waals surface area (Å²) in [5, 5.41) is 4.81. The summed E-state index contributed by atoms with van der Waals surface area (Å²) in [5.41, 5.74) is 10.3. The molecule has 0 atom stereocenters. The third-order valence-corrected chi connectivity index (χ3v) is 10.5. The van der Waals surface area contributed by atoms with Crippen LogP contribution in [0.1, 0.15) is 65.8 Å². The van der Waals surface area contributed by atoms with E-state index in [0.29, 0.717) is 25.4 Å². The van der Waals surface area contributed by atoms with Crippen LogP contribution in [0.3, 0.4) is 0 Å². The topological polar surface area (TPSA) is 89.8 Å². The number of rotatable bonds is 8. The maximum Gasteiger partial charge on any atom is 0.410 e. The first-order valence-corrected chi connectivity index (χ1v) is 18.4. The van der Waals surface area contributed by atoms with Gasteiger partial charge < -0.3 is 14.4 Å². The molecule has 1 aliphatic carbocycles. The van der Waals surface area contributed by atoms with Gasteiger partial charge in [-0.2, -0.15) is 5.10 Å². The fourth-order valence-corrected chi connectivity index (χ4v) is 7.87. The van der Waals surface area contributed by atoms with Gasteiger partial charge in [-0.15, -0.1) is 0 Å². The van der Waals surface area contributed by atoms with Crippen molar-refractivity contribution in [3.63, 3.8) is 0 Å². The molecule has 0 saturated carbocycles. The molecule has 10 heteroatoms. The Morgan fingerprint density at radius 3 is 2.47 bits per heavy atom. The van der Waals surface area contributed by atoms with Crippen LogP contribution in [0.15, 0.2) is 79.1 Å². The number of carbonyl (C=O) groups is 2. The Morgan fingerprint density at radius 2 is 1.70 bits per heavy atom. The van der Waals surface area contributed by atoms with Gasteiger partial charge in [-0.3, -0.25) is 14.4 Å².